The quantitative estimate of drug-likeness (QED) is 0.824. The standard InChI is InChI=1S/C22H29NO2Si/c1-22(2,3)26(19-12-6-4-7-13-19,20-14-8-5-9-15-20)25-17-18-11-10-16-21(24)23-18/h4-9,12-15,18H,10-11,16-17H2,1-3H3,(H,23,24)/t18-/m0/s1. The van der Waals surface area contributed by atoms with Crippen molar-refractivity contribution in [3.05, 3.63) is 60.7 Å². The molecule has 0 radical (unpaired) electrons. The van der Waals surface area contributed by atoms with Crippen molar-refractivity contribution in [1.29, 1.82) is 0 Å². The summed E-state index contributed by atoms with van der Waals surface area (Å²) in [4.78, 5) is 11.8. The molecule has 0 aliphatic carbocycles. The van der Waals surface area contributed by atoms with Crippen LogP contribution in [0.2, 0.25) is 5.04 Å². The third-order valence-electron chi connectivity index (χ3n) is 5.24. The van der Waals surface area contributed by atoms with Crippen LogP contribution in [0.25, 0.3) is 0 Å². The van der Waals surface area contributed by atoms with Gasteiger partial charge in [0.1, 0.15) is 0 Å². The lowest BCUT2D eigenvalue weighted by molar-refractivity contribution is -0.123. The number of rotatable bonds is 5. The van der Waals surface area contributed by atoms with Crippen LogP contribution in [-0.2, 0) is 9.22 Å². The van der Waals surface area contributed by atoms with Gasteiger partial charge in [-0.25, -0.2) is 0 Å². The van der Waals surface area contributed by atoms with Gasteiger partial charge < -0.3 is 9.74 Å². The van der Waals surface area contributed by atoms with E-state index in [2.05, 4.69) is 86.8 Å². The molecule has 0 bridgehead atoms. The normalized spacial score (nSPS) is 18.4. The zero-order valence-corrected chi connectivity index (χ0v) is 17.0. The fraction of sp³-hybridized carbons (Fsp3) is 0.409. The van der Waals surface area contributed by atoms with E-state index in [4.69, 9.17) is 4.43 Å². The van der Waals surface area contributed by atoms with Crippen molar-refractivity contribution in [3.63, 3.8) is 0 Å². The van der Waals surface area contributed by atoms with Crippen LogP contribution < -0.4 is 15.7 Å². The number of nitrogens with one attached hydrogen (secondary N) is 1. The number of hydrogen-bond donors (Lipinski definition) is 1. The summed E-state index contributed by atoms with van der Waals surface area (Å²) in [5.41, 5.74) is 0. The first kappa shape index (κ1) is 18.9. The van der Waals surface area contributed by atoms with Crippen molar-refractivity contribution in [2.75, 3.05) is 6.61 Å². The average Bonchev–Trinajstić information content (AvgIpc) is 2.63. The highest BCUT2D eigenvalue weighted by molar-refractivity contribution is 6.99. The van der Waals surface area contributed by atoms with Gasteiger partial charge in [0.2, 0.25) is 5.91 Å². The summed E-state index contributed by atoms with van der Waals surface area (Å²) >= 11 is 0. The van der Waals surface area contributed by atoms with E-state index in [9.17, 15) is 4.79 Å². The van der Waals surface area contributed by atoms with E-state index in [0.717, 1.165) is 12.8 Å². The Morgan fingerprint density at radius 3 is 2.00 bits per heavy atom. The van der Waals surface area contributed by atoms with Crippen molar-refractivity contribution in [1.82, 2.24) is 5.32 Å². The first-order valence-corrected chi connectivity index (χ1v) is 11.4. The average molecular weight is 368 g/mol. The van der Waals surface area contributed by atoms with Crippen LogP contribution in [0, 0.1) is 0 Å². The van der Waals surface area contributed by atoms with Crippen molar-refractivity contribution in [2.24, 2.45) is 0 Å². The van der Waals surface area contributed by atoms with Crippen molar-refractivity contribution in [2.45, 2.75) is 51.1 Å². The highest BCUT2D eigenvalue weighted by atomic mass is 28.4. The molecule has 0 spiro atoms. The highest BCUT2D eigenvalue weighted by Crippen LogP contribution is 2.36. The van der Waals surface area contributed by atoms with Crippen LogP contribution in [0.15, 0.2) is 60.7 Å². The van der Waals surface area contributed by atoms with Crippen molar-refractivity contribution in [3.8, 4) is 0 Å². The summed E-state index contributed by atoms with van der Waals surface area (Å²) < 4.78 is 6.88. The molecule has 138 valence electrons. The number of piperidine rings is 1. The third-order valence-corrected chi connectivity index (χ3v) is 10.2. The molecule has 3 nitrogen and oxygen atoms in total. The van der Waals surface area contributed by atoms with Gasteiger partial charge in [0.25, 0.3) is 8.32 Å². The third kappa shape index (κ3) is 3.76. The van der Waals surface area contributed by atoms with Gasteiger partial charge in [0.05, 0.1) is 12.6 Å². The zero-order chi connectivity index (χ0) is 18.6. The maximum atomic E-state index is 11.8. The van der Waals surface area contributed by atoms with Gasteiger partial charge in [0, 0.05) is 6.42 Å². The molecular weight excluding hydrogens is 338 g/mol. The number of carbonyl (C=O) groups excluding carboxylic acids is 1. The van der Waals surface area contributed by atoms with E-state index < -0.39 is 8.32 Å². The Hall–Kier alpha value is -1.91. The van der Waals surface area contributed by atoms with E-state index in [1.165, 1.54) is 10.4 Å². The number of carbonyl (C=O) groups is 1. The molecule has 1 fully saturated rings. The first-order chi connectivity index (χ1) is 12.4. The minimum Gasteiger partial charge on any atom is -0.405 e. The van der Waals surface area contributed by atoms with E-state index in [0.29, 0.717) is 13.0 Å². The Balaban J connectivity index is 2.01. The van der Waals surface area contributed by atoms with Crippen LogP contribution in [0.3, 0.4) is 0 Å². The highest BCUT2D eigenvalue weighted by Gasteiger charge is 2.50. The van der Waals surface area contributed by atoms with Gasteiger partial charge in [-0.1, -0.05) is 81.4 Å². The van der Waals surface area contributed by atoms with Gasteiger partial charge in [-0.2, -0.15) is 0 Å². The molecule has 1 saturated heterocycles. The van der Waals surface area contributed by atoms with Crippen molar-refractivity contribution >= 4 is 24.6 Å². The zero-order valence-electron chi connectivity index (χ0n) is 16.0. The van der Waals surface area contributed by atoms with Crippen LogP contribution in [0.4, 0.5) is 0 Å². The molecule has 1 amide bonds. The second kappa shape index (κ2) is 7.76. The maximum absolute atomic E-state index is 11.8. The SMILES string of the molecule is CC(C)(C)[Si](OC[C@@H]1CCCC(=O)N1)(c1ccccc1)c1ccccc1. The molecule has 26 heavy (non-hydrogen) atoms. The Bertz CT molecular complexity index is 685. The molecular formula is C22H29NO2Si. The van der Waals surface area contributed by atoms with Crippen LogP contribution in [-0.4, -0.2) is 26.9 Å². The molecule has 4 heteroatoms. The van der Waals surface area contributed by atoms with E-state index >= 15 is 0 Å². The molecule has 0 aromatic heterocycles. The topological polar surface area (TPSA) is 38.3 Å². The molecule has 1 aliphatic rings. The molecule has 1 heterocycles. The van der Waals surface area contributed by atoms with E-state index in [1.54, 1.807) is 0 Å². The Morgan fingerprint density at radius 1 is 1.00 bits per heavy atom. The molecule has 0 unspecified atom stereocenters. The van der Waals surface area contributed by atoms with Crippen molar-refractivity contribution < 1.29 is 9.22 Å². The Labute approximate surface area is 157 Å². The lowest BCUT2D eigenvalue weighted by Gasteiger charge is -2.44. The van der Waals surface area contributed by atoms with E-state index in [-0.39, 0.29) is 17.0 Å². The first-order valence-electron chi connectivity index (χ1n) is 9.48. The summed E-state index contributed by atoms with van der Waals surface area (Å²) in [5, 5.41) is 5.63. The number of hydrogen-bond acceptors (Lipinski definition) is 2. The molecule has 2 aromatic carbocycles. The lowest BCUT2D eigenvalue weighted by Crippen LogP contribution is -2.67. The van der Waals surface area contributed by atoms with Gasteiger partial charge in [-0.3, -0.25) is 4.79 Å². The fourth-order valence-electron chi connectivity index (χ4n) is 3.99. The summed E-state index contributed by atoms with van der Waals surface area (Å²) in [7, 11) is -2.51. The lowest BCUT2D eigenvalue weighted by atomic mass is 10.1. The van der Waals surface area contributed by atoms with E-state index in [1.807, 2.05) is 0 Å². The maximum Gasteiger partial charge on any atom is 0.261 e. The summed E-state index contributed by atoms with van der Waals surface area (Å²) in [6.07, 6.45) is 2.57. The van der Waals surface area contributed by atoms with Crippen LogP contribution in [0.5, 0.6) is 0 Å². The second-order valence-corrected chi connectivity index (χ2v) is 12.4. The number of amides is 1. The Morgan fingerprint density at radius 2 is 1.54 bits per heavy atom. The smallest absolute Gasteiger partial charge is 0.261 e. The monoisotopic (exact) mass is 367 g/mol. The Kier molecular flexibility index (Phi) is 5.63. The summed E-state index contributed by atoms with van der Waals surface area (Å²) in [6.45, 7) is 7.40. The summed E-state index contributed by atoms with van der Waals surface area (Å²) in [5.74, 6) is 0.146. The molecule has 1 N–H and O–H groups in total. The number of benzene rings is 2. The minimum atomic E-state index is -2.51. The van der Waals surface area contributed by atoms with Gasteiger partial charge >= 0.3 is 0 Å². The van der Waals surface area contributed by atoms with Crippen LogP contribution in [0.1, 0.15) is 40.0 Å². The largest absolute Gasteiger partial charge is 0.405 e. The summed E-state index contributed by atoms with van der Waals surface area (Å²) in [6, 6.07) is 21.4. The van der Waals surface area contributed by atoms with Gasteiger partial charge in [0.15, 0.2) is 0 Å². The molecule has 2 aromatic rings. The molecule has 1 atom stereocenters. The van der Waals surface area contributed by atoms with Gasteiger partial charge in [-0.15, -0.1) is 0 Å². The predicted octanol–water partition coefficient (Wildman–Crippen LogP) is 3.23. The van der Waals surface area contributed by atoms with Gasteiger partial charge in [-0.05, 0) is 28.3 Å². The molecule has 0 saturated carbocycles. The fourth-order valence-corrected chi connectivity index (χ4v) is 8.60. The van der Waals surface area contributed by atoms with Crippen LogP contribution >= 0.6 is 0 Å². The second-order valence-electron chi connectivity index (χ2n) is 8.13. The minimum absolute atomic E-state index is 0.0334. The predicted molar refractivity (Wildman–Crippen MR) is 109 cm³/mol. The molecule has 3 rings (SSSR count). The molecule has 1 aliphatic heterocycles.